The fourth-order valence-corrected chi connectivity index (χ4v) is 2.12. The number of nitrogens with zero attached hydrogens (tertiary/aromatic N) is 2. The Morgan fingerprint density at radius 2 is 2.29 bits per heavy atom. The largest absolute Gasteiger partial charge is 0.374 e. The first-order chi connectivity index (χ1) is 8.20. The fourth-order valence-electron chi connectivity index (χ4n) is 2.12. The van der Waals surface area contributed by atoms with E-state index in [-0.39, 0.29) is 0 Å². The molecule has 2 unspecified atom stereocenters. The first kappa shape index (κ1) is 12.2. The first-order valence-corrected chi connectivity index (χ1v) is 6.61. The third-order valence-corrected chi connectivity index (χ3v) is 3.52. The molecule has 3 nitrogen and oxygen atoms in total. The molecule has 1 aliphatic rings. The number of hydrogen-bond donors (Lipinski definition) is 1. The molecule has 0 aliphatic heterocycles. The van der Waals surface area contributed by atoms with Crippen molar-refractivity contribution >= 4 is 11.5 Å². The van der Waals surface area contributed by atoms with E-state index in [4.69, 9.17) is 0 Å². The van der Waals surface area contributed by atoms with E-state index in [1.165, 1.54) is 18.7 Å². The molecule has 2 atom stereocenters. The fraction of sp³-hybridized carbons (Fsp3) is 0.643. The number of hydrogen-bond acceptors (Lipinski definition) is 3. The van der Waals surface area contributed by atoms with Crippen LogP contribution in [0.15, 0.2) is 18.3 Å². The third-order valence-electron chi connectivity index (χ3n) is 3.52. The summed E-state index contributed by atoms with van der Waals surface area (Å²) in [5.41, 5.74) is 1.26. The van der Waals surface area contributed by atoms with Crippen LogP contribution in [0, 0.1) is 11.8 Å². The van der Waals surface area contributed by atoms with E-state index < -0.39 is 0 Å². The SMILES string of the molecule is CCCNc1cc(N(C)CC2CC2C)ccn1. The molecule has 17 heavy (non-hydrogen) atoms. The molecule has 1 fully saturated rings. The van der Waals surface area contributed by atoms with E-state index >= 15 is 0 Å². The zero-order valence-electron chi connectivity index (χ0n) is 11.1. The number of rotatable bonds is 6. The van der Waals surface area contributed by atoms with Gasteiger partial charge < -0.3 is 10.2 Å². The molecule has 0 bridgehead atoms. The normalized spacial score (nSPS) is 22.3. The zero-order chi connectivity index (χ0) is 12.3. The van der Waals surface area contributed by atoms with Gasteiger partial charge in [-0.25, -0.2) is 4.98 Å². The summed E-state index contributed by atoms with van der Waals surface area (Å²) in [6, 6.07) is 4.23. The molecule has 2 rings (SSSR count). The Hall–Kier alpha value is -1.25. The second-order valence-corrected chi connectivity index (χ2v) is 5.18. The molecule has 1 aliphatic carbocycles. The smallest absolute Gasteiger partial charge is 0.127 e. The van der Waals surface area contributed by atoms with Gasteiger partial charge in [-0.15, -0.1) is 0 Å². The first-order valence-electron chi connectivity index (χ1n) is 6.61. The van der Waals surface area contributed by atoms with Gasteiger partial charge in [0.2, 0.25) is 0 Å². The van der Waals surface area contributed by atoms with E-state index in [0.717, 1.165) is 30.6 Å². The molecule has 1 aromatic rings. The summed E-state index contributed by atoms with van der Waals surface area (Å²) < 4.78 is 0. The summed E-state index contributed by atoms with van der Waals surface area (Å²) in [6.45, 7) is 6.65. The van der Waals surface area contributed by atoms with Crippen LogP contribution in [0.1, 0.15) is 26.7 Å². The monoisotopic (exact) mass is 233 g/mol. The van der Waals surface area contributed by atoms with Crippen molar-refractivity contribution in [3.05, 3.63) is 18.3 Å². The molecule has 1 N–H and O–H groups in total. The predicted octanol–water partition coefficient (Wildman–Crippen LogP) is 3.00. The van der Waals surface area contributed by atoms with Crippen LogP contribution in [0.2, 0.25) is 0 Å². The Labute approximate surface area is 104 Å². The summed E-state index contributed by atoms with van der Waals surface area (Å²) >= 11 is 0. The van der Waals surface area contributed by atoms with Crippen molar-refractivity contribution in [3.8, 4) is 0 Å². The topological polar surface area (TPSA) is 28.2 Å². The molecule has 0 aromatic carbocycles. The summed E-state index contributed by atoms with van der Waals surface area (Å²) in [4.78, 5) is 6.67. The molecule has 1 saturated carbocycles. The van der Waals surface area contributed by atoms with Crippen LogP contribution in [0.25, 0.3) is 0 Å². The summed E-state index contributed by atoms with van der Waals surface area (Å²) in [7, 11) is 2.17. The molecule has 1 aromatic heterocycles. The molecular formula is C14H23N3. The van der Waals surface area contributed by atoms with Crippen molar-refractivity contribution in [3.63, 3.8) is 0 Å². The lowest BCUT2D eigenvalue weighted by atomic mass is 10.3. The second kappa shape index (κ2) is 5.39. The van der Waals surface area contributed by atoms with Gasteiger partial charge in [0.1, 0.15) is 5.82 Å². The molecule has 94 valence electrons. The molecule has 0 amide bonds. The minimum absolute atomic E-state index is 0.889. The highest BCUT2D eigenvalue weighted by atomic mass is 15.1. The van der Waals surface area contributed by atoms with Crippen molar-refractivity contribution in [2.45, 2.75) is 26.7 Å². The second-order valence-electron chi connectivity index (χ2n) is 5.18. The van der Waals surface area contributed by atoms with Gasteiger partial charge in [-0.2, -0.15) is 0 Å². The maximum atomic E-state index is 4.33. The lowest BCUT2D eigenvalue weighted by Crippen LogP contribution is -2.20. The van der Waals surface area contributed by atoms with Gasteiger partial charge in [-0.05, 0) is 30.7 Å². The van der Waals surface area contributed by atoms with E-state index in [9.17, 15) is 0 Å². The minimum atomic E-state index is 0.889. The molecule has 0 radical (unpaired) electrons. The van der Waals surface area contributed by atoms with Gasteiger partial charge >= 0.3 is 0 Å². The van der Waals surface area contributed by atoms with Crippen LogP contribution >= 0.6 is 0 Å². The van der Waals surface area contributed by atoms with E-state index in [1.54, 1.807) is 0 Å². The van der Waals surface area contributed by atoms with Crippen LogP contribution in [0.3, 0.4) is 0 Å². The highest BCUT2D eigenvalue weighted by molar-refractivity contribution is 5.53. The quantitative estimate of drug-likeness (QED) is 0.818. The van der Waals surface area contributed by atoms with Gasteiger partial charge in [0, 0.05) is 38.1 Å². The number of nitrogens with one attached hydrogen (secondary N) is 1. The van der Waals surface area contributed by atoms with Crippen LogP contribution in [0.5, 0.6) is 0 Å². The molecular weight excluding hydrogens is 210 g/mol. The van der Waals surface area contributed by atoms with Crippen molar-refractivity contribution in [1.29, 1.82) is 0 Å². The standard InChI is InChI=1S/C14H23N3/c1-4-6-15-14-9-13(5-7-16-14)17(3)10-12-8-11(12)2/h5,7,9,11-12H,4,6,8,10H2,1-3H3,(H,15,16). The minimum Gasteiger partial charge on any atom is -0.374 e. The number of anilines is 2. The van der Waals surface area contributed by atoms with Crippen LogP contribution in [-0.4, -0.2) is 25.1 Å². The van der Waals surface area contributed by atoms with Crippen molar-refractivity contribution in [2.24, 2.45) is 11.8 Å². The third kappa shape index (κ3) is 3.35. The van der Waals surface area contributed by atoms with Gasteiger partial charge in [-0.1, -0.05) is 13.8 Å². The highest BCUT2D eigenvalue weighted by Gasteiger charge is 2.33. The van der Waals surface area contributed by atoms with Gasteiger partial charge in [0.15, 0.2) is 0 Å². The lowest BCUT2D eigenvalue weighted by molar-refractivity contribution is 0.725. The summed E-state index contributed by atoms with van der Waals surface area (Å²) in [6.07, 6.45) is 4.40. The number of pyridine rings is 1. The van der Waals surface area contributed by atoms with Gasteiger partial charge in [-0.3, -0.25) is 0 Å². The van der Waals surface area contributed by atoms with E-state index in [2.05, 4.69) is 48.2 Å². The Morgan fingerprint density at radius 3 is 2.94 bits per heavy atom. The maximum Gasteiger partial charge on any atom is 0.127 e. The Kier molecular flexibility index (Phi) is 3.87. The van der Waals surface area contributed by atoms with Crippen molar-refractivity contribution in [1.82, 2.24) is 4.98 Å². The molecule has 1 heterocycles. The van der Waals surface area contributed by atoms with Gasteiger partial charge in [0.25, 0.3) is 0 Å². The van der Waals surface area contributed by atoms with E-state index in [1.807, 2.05) is 6.20 Å². The molecule has 3 heteroatoms. The van der Waals surface area contributed by atoms with E-state index in [0.29, 0.717) is 0 Å². The highest BCUT2D eigenvalue weighted by Crippen LogP contribution is 2.38. The van der Waals surface area contributed by atoms with Crippen molar-refractivity contribution in [2.75, 3.05) is 30.4 Å². The van der Waals surface area contributed by atoms with Gasteiger partial charge in [0.05, 0.1) is 0 Å². The van der Waals surface area contributed by atoms with Crippen LogP contribution in [0.4, 0.5) is 11.5 Å². The predicted molar refractivity (Wildman–Crippen MR) is 73.6 cm³/mol. The van der Waals surface area contributed by atoms with Crippen molar-refractivity contribution < 1.29 is 0 Å². The maximum absolute atomic E-state index is 4.33. The number of aromatic nitrogens is 1. The van der Waals surface area contributed by atoms with Crippen LogP contribution in [-0.2, 0) is 0 Å². The Bertz CT molecular complexity index is 364. The van der Waals surface area contributed by atoms with Crippen LogP contribution < -0.4 is 10.2 Å². The summed E-state index contributed by atoms with van der Waals surface area (Å²) in [5, 5.41) is 3.33. The molecule has 0 spiro atoms. The Morgan fingerprint density at radius 1 is 1.53 bits per heavy atom. The zero-order valence-corrected chi connectivity index (χ0v) is 11.1. The summed E-state index contributed by atoms with van der Waals surface area (Å²) in [5.74, 6) is 2.79. The Balaban J connectivity index is 1.94. The average molecular weight is 233 g/mol. The average Bonchev–Trinajstić information content (AvgIpc) is 3.02. The molecule has 0 saturated heterocycles. The lowest BCUT2D eigenvalue weighted by Gasteiger charge is -2.19.